The molecule has 1 aliphatic heterocycles. The number of nitrogens with zero attached hydrogens (tertiary/aromatic N) is 2. The average molecular weight is 297 g/mol. The molecule has 0 aromatic heterocycles. The largest absolute Gasteiger partial charge is 0.367 e. The summed E-state index contributed by atoms with van der Waals surface area (Å²) in [6.07, 6.45) is 2.64. The fraction of sp³-hybridized carbons (Fsp3) is 0.571. The second-order valence-electron chi connectivity index (χ2n) is 5.05. The van der Waals surface area contributed by atoms with Crippen LogP contribution in [0.5, 0.6) is 0 Å². The highest BCUT2D eigenvalue weighted by Crippen LogP contribution is 2.26. The highest BCUT2D eigenvalue weighted by Gasteiger charge is 2.24. The molecule has 0 aliphatic carbocycles. The van der Waals surface area contributed by atoms with Gasteiger partial charge in [0.1, 0.15) is 0 Å². The number of alkyl halides is 1. The molecule has 0 spiro atoms. The van der Waals surface area contributed by atoms with Crippen LogP contribution in [0.15, 0.2) is 24.3 Å². The standard InChI is InChI=1S/C14H21BrN2/c1-16(2)11-14-4-3-9-17(14)13-7-5-12(10-15)6-8-13/h5-8,14H,3-4,9-11H2,1-2H3. The SMILES string of the molecule is CN(C)CC1CCCN1c1ccc(CBr)cc1. The van der Waals surface area contributed by atoms with Crippen molar-refractivity contribution in [1.82, 2.24) is 4.90 Å². The molecule has 0 amide bonds. The molecule has 2 rings (SSSR count). The maximum Gasteiger partial charge on any atom is 0.0417 e. The number of hydrogen-bond donors (Lipinski definition) is 0. The maximum atomic E-state index is 3.49. The number of rotatable bonds is 4. The Morgan fingerprint density at radius 3 is 2.59 bits per heavy atom. The summed E-state index contributed by atoms with van der Waals surface area (Å²) in [5.41, 5.74) is 2.72. The van der Waals surface area contributed by atoms with Crippen molar-refractivity contribution < 1.29 is 0 Å². The van der Waals surface area contributed by atoms with E-state index in [0.717, 1.165) is 11.9 Å². The summed E-state index contributed by atoms with van der Waals surface area (Å²) in [5.74, 6) is 0. The lowest BCUT2D eigenvalue weighted by molar-refractivity contribution is 0.372. The van der Waals surface area contributed by atoms with Crippen LogP contribution < -0.4 is 4.90 Å². The van der Waals surface area contributed by atoms with Crippen LogP contribution in [-0.4, -0.2) is 38.1 Å². The quantitative estimate of drug-likeness (QED) is 0.788. The molecule has 2 nitrogen and oxygen atoms in total. The fourth-order valence-corrected chi connectivity index (χ4v) is 2.94. The molecule has 94 valence electrons. The Bertz CT molecular complexity index is 348. The van der Waals surface area contributed by atoms with E-state index in [1.807, 2.05) is 0 Å². The summed E-state index contributed by atoms with van der Waals surface area (Å²) >= 11 is 3.49. The molecule has 1 atom stereocenters. The molecule has 1 aromatic rings. The van der Waals surface area contributed by atoms with E-state index in [0.29, 0.717) is 6.04 Å². The van der Waals surface area contributed by atoms with E-state index in [2.05, 4.69) is 64.1 Å². The minimum absolute atomic E-state index is 0.680. The zero-order chi connectivity index (χ0) is 12.3. The van der Waals surface area contributed by atoms with Gasteiger partial charge >= 0.3 is 0 Å². The molecule has 17 heavy (non-hydrogen) atoms. The summed E-state index contributed by atoms with van der Waals surface area (Å²) < 4.78 is 0. The van der Waals surface area contributed by atoms with E-state index in [1.54, 1.807) is 0 Å². The van der Waals surface area contributed by atoms with Crippen LogP contribution in [0.25, 0.3) is 0 Å². The normalized spacial score (nSPS) is 20.2. The molecule has 1 aromatic carbocycles. The van der Waals surface area contributed by atoms with Crippen LogP contribution in [0.4, 0.5) is 5.69 Å². The van der Waals surface area contributed by atoms with Gasteiger partial charge in [0, 0.05) is 30.1 Å². The number of halogens is 1. The Labute approximate surface area is 113 Å². The predicted molar refractivity (Wildman–Crippen MR) is 78.0 cm³/mol. The van der Waals surface area contributed by atoms with Gasteiger partial charge in [-0.1, -0.05) is 28.1 Å². The highest BCUT2D eigenvalue weighted by molar-refractivity contribution is 9.08. The van der Waals surface area contributed by atoms with E-state index in [1.165, 1.54) is 30.6 Å². The molecule has 1 unspecified atom stereocenters. The molecule has 0 N–H and O–H groups in total. The van der Waals surface area contributed by atoms with Crippen molar-refractivity contribution in [2.75, 3.05) is 32.1 Å². The highest BCUT2D eigenvalue weighted by atomic mass is 79.9. The molecule has 1 fully saturated rings. The van der Waals surface area contributed by atoms with E-state index in [9.17, 15) is 0 Å². The summed E-state index contributed by atoms with van der Waals surface area (Å²) in [5, 5.41) is 0.939. The van der Waals surface area contributed by atoms with Gasteiger partial charge < -0.3 is 9.80 Å². The first-order chi connectivity index (χ1) is 8.20. The third kappa shape index (κ3) is 3.23. The van der Waals surface area contributed by atoms with Gasteiger partial charge in [-0.05, 0) is 44.6 Å². The number of hydrogen-bond acceptors (Lipinski definition) is 2. The van der Waals surface area contributed by atoms with Crippen molar-refractivity contribution in [2.45, 2.75) is 24.2 Å². The summed E-state index contributed by atoms with van der Waals surface area (Å²) in [6, 6.07) is 9.62. The number of benzene rings is 1. The van der Waals surface area contributed by atoms with Crippen molar-refractivity contribution in [2.24, 2.45) is 0 Å². The van der Waals surface area contributed by atoms with Gasteiger partial charge in [0.25, 0.3) is 0 Å². The molecule has 0 saturated carbocycles. The Kier molecular flexibility index (Phi) is 4.46. The van der Waals surface area contributed by atoms with Gasteiger partial charge in [-0.25, -0.2) is 0 Å². The minimum atomic E-state index is 0.680. The molecule has 1 heterocycles. The van der Waals surface area contributed by atoms with E-state index >= 15 is 0 Å². The van der Waals surface area contributed by atoms with Gasteiger partial charge in [0.2, 0.25) is 0 Å². The van der Waals surface area contributed by atoms with E-state index in [-0.39, 0.29) is 0 Å². The van der Waals surface area contributed by atoms with Crippen LogP contribution in [-0.2, 0) is 5.33 Å². The van der Waals surface area contributed by atoms with Crippen LogP contribution >= 0.6 is 15.9 Å². The second kappa shape index (κ2) is 5.87. The Morgan fingerprint density at radius 2 is 2.00 bits per heavy atom. The van der Waals surface area contributed by atoms with Gasteiger partial charge in [0.05, 0.1) is 0 Å². The Balaban J connectivity index is 2.08. The predicted octanol–water partition coefficient (Wildman–Crippen LogP) is 3.11. The fourth-order valence-electron chi connectivity index (χ4n) is 2.56. The molecule has 0 radical (unpaired) electrons. The third-order valence-corrected chi connectivity index (χ3v) is 4.02. The first-order valence-corrected chi connectivity index (χ1v) is 7.39. The lowest BCUT2D eigenvalue weighted by Crippen LogP contribution is -2.37. The molecular weight excluding hydrogens is 276 g/mol. The summed E-state index contributed by atoms with van der Waals surface area (Å²) in [4.78, 5) is 4.84. The van der Waals surface area contributed by atoms with Crippen molar-refractivity contribution in [3.63, 3.8) is 0 Å². The number of likely N-dealkylation sites (N-methyl/N-ethyl adjacent to an activating group) is 1. The van der Waals surface area contributed by atoms with Crippen molar-refractivity contribution in [1.29, 1.82) is 0 Å². The Hall–Kier alpha value is -0.540. The topological polar surface area (TPSA) is 6.48 Å². The average Bonchev–Trinajstić information content (AvgIpc) is 2.76. The third-order valence-electron chi connectivity index (χ3n) is 3.38. The molecule has 1 saturated heterocycles. The zero-order valence-electron chi connectivity index (χ0n) is 10.7. The van der Waals surface area contributed by atoms with E-state index in [4.69, 9.17) is 0 Å². The smallest absolute Gasteiger partial charge is 0.0417 e. The number of anilines is 1. The maximum absolute atomic E-state index is 3.49. The first-order valence-electron chi connectivity index (χ1n) is 6.27. The molecular formula is C14H21BrN2. The molecule has 0 bridgehead atoms. The van der Waals surface area contributed by atoms with Gasteiger partial charge in [-0.3, -0.25) is 0 Å². The van der Waals surface area contributed by atoms with Crippen LogP contribution in [0.3, 0.4) is 0 Å². The lowest BCUT2D eigenvalue weighted by atomic mass is 10.1. The van der Waals surface area contributed by atoms with Gasteiger partial charge in [-0.2, -0.15) is 0 Å². The summed E-state index contributed by atoms with van der Waals surface area (Å²) in [6.45, 7) is 2.35. The zero-order valence-corrected chi connectivity index (χ0v) is 12.3. The van der Waals surface area contributed by atoms with E-state index < -0.39 is 0 Å². The van der Waals surface area contributed by atoms with Gasteiger partial charge in [-0.15, -0.1) is 0 Å². The lowest BCUT2D eigenvalue weighted by Gasteiger charge is -2.29. The molecule has 1 aliphatic rings. The van der Waals surface area contributed by atoms with Crippen LogP contribution in [0.1, 0.15) is 18.4 Å². The van der Waals surface area contributed by atoms with Crippen LogP contribution in [0, 0.1) is 0 Å². The second-order valence-corrected chi connectivity index (χ2v) is 5.61. The van der Waals surface area contributed by atoms with Crippen molar-refractivity contribution in [3.05, 3.63) is 29.8 Å². The molecule has 3 heteroatoms. The van der Waals surface area contributed by atoms with Gasteiger partial charge in [0.15, 0.2) is 0 Å². The van der Waals surface area contributed by atoms with Crippen LogP contribution in [0.2, 0.25) is 0 Å². The Morgan fingerprint density at radius 1 is 1.29 bits per heavy atom. The first kappa shape index (κ1) is 12.9. The minimum Gasteiger partial charge on any atom is -0.367 e. The monoisotopic (exact) mass is 296 g/mol. The summed E-state index contributed by atoms with van der Waals surface area (Å²) in [7, 11) is 4.31. The van der Waals surface area contributed by atoms with Crippen molar-refractivity contribution >= 4 is 21.6 Å². The van der Waals surface area contributed by atoms with Crippen molar-refractivity contribution in [3.8, 4) is 0 Å².